The van der Waals surface area contributed by atoms with E-state index in [0.29, 0.717) is 18.6 Å². The van der Waals surface area contributed by atoms with Crippen molar-refractivity contribution in [3.05, 3.63) is 65.2 Å². The molecule has 2 N–H and O–H groups in total. The molecule has 5 atom stereocenters. The molecule has 1 saturated heterocycles. The molecule has 3 aromatic carbocycles. The number of aryl methyl sites for hydroxylation is 1. The maximum atomic E-state index is 13.6. The van der Waals surface area contributed by atoms with Crippen molar-refractivity contribution in [1.29, 1.82) is 0 Å². The predicted molar refractivity (Wildman–Crippen MR) is 158 cm³/mol. The van der Waals surface area contributed by atoms with Crippen LogP contribution in [0.1, 0.15) is 55.7 Å². The summed E-state index contributed by atoms with van der Waals surface area (Å²) in [4.78, 5) is 18.1. The van der Waals surface area contributed by atoms with E-state index in [1.165, 1.54) is 18.4 Å². The van der Waals surface area contributed by atoms with Crippen LogP contribution in [0.25, 0.3) is 10.8 Å². The van der Waals surface area contributed by atoms with Crippen molar-refractivity contribution >= 4 is 34.8 Å². The number of phenolic OH excluding ortho intramolecular Hbond substituents is 1. The van der Waals surface area contributed by atoms with Crippen LogP contribution in [0.3, 0.4) is 0 Å². The third-order valence-corrected chi connectivity index (χ3v) is 10.7. The highest BCUT2D eigenvalue weighted by Gasteiger charge is 2.73. The Bertz CT molecular complexity index is 1540. The number of anilines is 1. The van der Waals surface area contributed by atoms with Gasteiger partial charge in [-0.25, -0.2) is 0 Å². The molecule has 1 amide bonds. The number of aromatic hydroxyl groups is 1. The number of phenols is 1. The quantitative estimate of drug-likeness (QED) is 0.455. The second kappa shape index (κ2) is 8.85. The third kappa shape index (κ3) is 3.27. The average Bonchev–Trinajstić information content (AvgIpc) is 3.66. The number of carbonyl (C=O) groups is 1. The van der Waals surface area contributed by atoms with Gasteiger partial charge in [0.2, 0.25) is 5.91 Å². The molecule has 2 bridgehead atoms. The molecule has 2 aliphatic heterocycles. The highest BCUT2D eigenvalue weighted by atomic mass is 35.5. The molecular weight excluding hydrogens is 524 g/mol. The molecule has 3 aromatic rings. The Morgan fingerprint density at radius 3 is 2.67 bits per heavy atom. The molecule has 210 valence electrons. The number of benzene rings is 3. The smallest absolute Gasteiger partial charge is 0.224 e. The minimum Gasteiger partial charge on any atom is -0.504 e. The summed E-state index contributed by atoms with van der Waals surface area (Å²) in [5, 5.41) is 26.0. The summed E-state index contributed by atoms with van der Waals surface area (Å²) in [6.07, 6.45) is 4.91. The molecule has 0 radical (unpaired) electrons. The van der Waals surface area contributed by atoms with Crippen molar-refractivity contribution in [2.45, 2.75) is 81.6 Å². The van der Waals surface area contributed by atoms with E-state index in [1.54, 1.807) is 13.0 Å². The van der Waals surface area contributed by atoms with Crippen LogP contribution >= 0.6 is 12.4 Å². The van der Waals surface area contributed by atoms with Crippen molar-refractivity contribution < 1.29 is 19.7 Å². The van der Waals surface area contributed by atoms with E-state index in [0.717, 1.165) is 59.4 Å². The molecule has 0 aromatic heterocycles. The van der Waals surface area contributed by atoms with Crippen LogP contribution in [-0.4, -0.2) is 57.9 Å². The summed E-state index contributed by atoms with van der Waals surface area (Å²) in [7, 11) is 0. The van der Waals surface area contributed by atoms with Gasteiger partial charge in [0.1, 0.15) is 6.10 Å². The normalized spacial score (nSPS) is 31.7. The number of hydrogen-bond donors (Lipinski definition) is 2. The number of aliphatic hydroxyl groups is 1. The topological polar surface area (TPSA) is 73.2 Å². The molecule has 3 fully saturated rings. The molecule has 40 heavy (non-hydrogen) atoms. The average molecular weight is 561 g/mol. The number of fused-ring (bicyclic) bond motifs is 1. The van der Waals surface area contributed by atoms with Gasteiger partial charge < -0.3 is 19.8 Å². The zero-order chi connectivity index (χ0) is 26.7. The summed E-state index contributed by atoms with van der Waals surface area (Å²) in [5.41, 5.74) is 2.52. The van der Waals surface area contributed by atoms with E-state index in [2.05, 4.69) is 36.1 Å². The van der Waals surface area contributed by atoms with E-state index >= 15 is 0 Å². The van der Waals surface area contributed by atoms with Crippen molar-refractivity contribution in [3.63, 3.8) is 0 Å². The Labute approximate surface area is 241 Å². The SMILES string of the molecule is CC(=O)N(c1c(C)ccc2ccccc12)[C@@H]1CC[C@@]2(O)[C@H]3Cc4ccc(O)c5c4[C@@]2(CCN3CC2CC2)[C@H]1O5.Cl. The number of halogens is 1. The lowest BCUT2D eigenvalue weighted by atomic mass is 9.48. The molecule has 2 saturated carbocycles. The van der Waals surface area contributed by atoms with E-state index in [9.17, 15) is 15.0 Å². The van der Waals surface area contributed by atoms with Gasteiger partial charge in [-0.3, -0.25) is 9.69 Å². The lowest BCUT2D eigenvalue weighted by Crippen LogP contribution is -2.78. The van der Waals surface area contributed by atoms with Crippen LogP contribution < -0.4 is 9.64 Å². The zero-order valence-electron chi connectivity index (χ0n) is 23.1. The molecule has 5 aliphatic rings. The molecule has 8 rings (SSSR count). The minimum absolute atomic E-state index is 0. The maximum Gasteiger partial charge on any atom is 0.224 e. The van der Waals surface area contributed by atoms with E-state index in [1.807, 2.05) is 23.1 Å². The van der Waals surface area contributed by atoms with Gasteiger partial charge >= 0.3 is 0 Å². The highest BCUT2D eigenvalue weighted by Crippen LogP contribution is 2.66. The fraction of sp³-hybridized carbons (Fsp3) is 0.485. The van der Waals surface area contributed by atoms with Crippen molar-refractivity contribution in [1.82, 2.24) is 4.90 Å². The number of rotatable bonds is 4. The van der Waals surface area contributed by atoms with Gasteiger partial charge in [-0.05, 0) is 80.5 Å². The first-order chi connectivity index (χ1) is 18.8. The number of ether oxygens (including phenoxy) is 1. The summed E-state index contributed by atoms with van der Waals surface area (Å²) < 4.78 is 6.80. The third-order valence-electron chi connectivity index (χ3n) is 10.7. The van der Waals surface area contributed by atoms with Gasteiger partial charge in [-0.15, -0.1) is 12.4 Å². The Balaban J connectivity index is 0.00000264. The fourth-order valence-corrected chi connectivity index (χ4v) is 8.96. The van der Waals surface area contributed by atoms with Crippen LogP contribution in [0, 0.1) is 12.8 Å². The molecule has 2 heterocycles. The van der Waals surface area contributed by atoms with Gasteiger partial charge in [0.15, 0.2) is 11.5 Å². The first kappa shape index (κ1) is 26.1. The predicted octanol–water partition coefficient (Wildman–Crippen LogP) is 5.26. The van der Waals surface area contributed by atoms with E-state index in [-0.39, 0.29) is 36.1 Å². The standard InChI is InChI=1S/C33H36N2O4.ClH/c1-19-7-10-22-5-3-4-6-24(22)29(19)35(20(2)36)25-13-14-33(38)27-17-23-11-12-26(37)30-28(23)32(33,31(25)39-30)15-16-34(27)18-21-8-9-21;/h3-7,10-12,21,25,27,31,37-38H,8-9,13-18H2,1-2H3;1H/t25-,27-,31+,32+,33-;/m1./s1. The van der Waals surface area contributed by atoms with Crippen LogP contribution in [0.2, 0.25) is 0 Å². The van der Waals surface area contributed by atoms with Gasteiger partial charge in [-0.1, -0.05) is 42.5 Å². The van der Waals surface area contributed by atoms with Gasteiger partial charge in [0.25, 0.3) is 0 Å². The molecule has 3 aliphatic carbocycles. The number of hydrogen-bond acceptors (Lipinski definition) is 5. The van der Waals surface area contributed by atoms with E-state index in [4.69, 9.17) is 4.74 Å². The first-order valence-corrected chi connectivity index (χ1v) is 14.6. The van der Waals surface area contributed by atoms with Crippen LogP contribution in [-0.2, 0) is 16.6 Å². The van der Waals surface area contributed by atoms with Gasteiger partial charge in [-0.2, -0.15) is 0 Å². The second-order valence-electron chi connectivity index (χ2n) is 12.7. The van der Waals surface area contributed by atoms with Crippen molar-refractivity contribution in [3.8, 4) is 11.5 Å². The lowest BCUT2D eigenvalue weighted by molar-refractivity contribution is -0.190. The van der Waals surface area contributed by atoms with Crippen LogP contribution in [0.4, 0.5) is 5.69 Å². The summed E-state index contributed by atoms with van der Waals surface area (Å²) >= 11 is 0. The molecule has 1 spiro atoms. The van der Waals surface area contributed by atoms with Gasteiger partial charge in [0.05, 0.1) is 22.7 Å². The van der Waals surface area contributed by atoms with Crippen LogP contribution in [0.15, 0.2) is 48.5 Å². The summed E-state index contributed by atoms with van der Waals surface area (Å²) in [6.45, 7) is 5.66. The Morgan fingerprint density at radius 1 is 1.10 bits per heavy atom. The fourth-order valence-electron chi connectivity index (χ4n) is 8.96. The molecular formula is C33H37ClN2O4. The largest absolute Gasteiger partial charge is 0.504 e. The van der Waals surface area contributed by atoms with Crippen LogP contribution in [0.5, 0.6) is 11.5 Å². The number of amides is 1. The molecule has 0 unspecified atom stereocenters. The Hall–Kier alpha value is -2.80. The first-order valence-electron chi connectivity index (χ1n) is 14.6. The number of carbonyl (C=O) groups excluding carboxylic acids is 1. The maximum absolute atomic E-state index is 13.6. The highest BCUT2D eigenvalue weighted by molar-refractivity contribution is 6.04. The number of nitrogens with zero attached hydrogens (tertiary/aromatic N) is 2. The second-order valence-corrected chi connectivity index (χ2v) is 12.7. The molecule has 6 nitrogen and oxygen atoms in total. The van der Waals surface area contributed by atoms with E-state index < -0.39 is 17.1 Å². The van der Waals surface area contributed by atoms with Crippen molar-refractivity contribution in [2.24, 2.45) is 5.92 Å². The summed E-state index contributed by atoms with van der Waals surface area (Å²) in [5.74, 6) is 1.38. The van der Waals surface area contributed by atoms with Gasteiger partial charge in [0, 0.05) is 30.5 Å². The number of likely N-dealkylation sites (tertiary alicyclic amines) is 1. The van der Waals surface area contributed by atoms with Crippen molar-refractivity contribution in [2.75, 3.05) is 18.0 Å². The Kier molecular flexibility index (Phi) is 5.78. The number of piperidine rings is 1. The summed E-state index contributed by atoms with van der Waals surface area (Å²) in [6, 6.07) is 16.0. The Morgan fingerprint density at radius 2 is 1.90 bits per heavy atom. The monoisotopic (exact) mass is 560 g/mol. The lowest BCUT2D eigenvalue weighted by Gasteiger charge is -2.65. The minimum atomic E-state index is -0.969. The zero-order valence-corrected chi connectivity index (χ0v) is 23.9. The molecule has 7 heteroatoms.